The van der Waals surface area contributed by atoms with Crippen LogP contribution in [0.25, 0.3) is 0 Å². The van der Waals surface area contributed by atoms with E-state index < -0.39 is 5.97 Å². The van der Waals surface area contributed by atoms with Crippen LogP contribution < -0.4 is 4.90 Å². The molecule has 1 heterocycles. The van der Waals surface area contributed by atoms with Crippen molar-refractivity contribution in [2.45, 2.75) is 13.5 Å². The number of carboxylic acid groups (broad SMARTS) is 1. The molecule has 7 nitrogen and oxygen atoms in total. The molecule has 1 N–H and O–H groups in total. The van der Waals surface area contributed by atoms with Crippen molar-refractivity contribution in [1.29, 1.82) is 0 Å². The van der Waals surface area contributed by atoms with Gasteiger partial charge in [-0.25, -0.2) is 13.9 Å². The smallest absolute Gasteiger partial charge is 0.358 e. The topological polar surface area (TPSA) is 88.3 Å². The van der Waals surface area contributed by atoms with E-state index in [4.69, 9.17) is 5.11 Å². The molecule has 2 aromatic rings. The van der Waals surface area contributed by atoms with Crippen molar-refractivity contribution in [3.8, 4) is 0 Å². The first-order chi connectivity index (χ1) is 10.0. The molecular weight excluding hydrogens is 279 g/mol. The number of aromatic nitrogens is 3. The minimum absolute atomic E-state index is 0.147. The van der Waals surface area contributed by atoms with E-state index in [0.717, 1.165) is 4.68 Å². The summed E-state index contributed by atoms with van der Waals surface area (Å²) in [4.78, 5) is 24.3. The Bertz CT molecular complexity index is 654. The van der Waals surface area contributed by atoms with Crippen LogP contribution in [0.3, 0.4) is 0 Å². The Labute approximate surface area is 119 Å². The molecular formula is C13H13FN4O3. The first-order valence-corrected chi connectivity index (χ1v) is 6.20. The summed E-state index contributed by atoms with van der Waals surface area (Å²) in [6.45, 7) is 2.03. The Morgan fingerprint density at radius 2 is 2.00 bits per heavy atom. The van der Waals surface area contributed by atoms with Gasteiger partial charge >= 0.3 is 5.97 Å². The zero-order valence-corrected chi connectivity index (χ0v) is 11.2. The van der Waals surface area contributed by atoms with Crippen LogP contribution in [0, 0.1) is 5.82 Å². The number of benzene rings is 1. The van der Waals surface area contributed by atoms with Gasteiger partial charge in [-0.15, -0.1) is 5.10 Å². The van der Waals surface area contributed by atoms with Gasteiger partial charge in [0.15, 0.2) is 5.69 Å². The van der Waals surface area contributed by atoms with Gasteiger partial charge < -0.3 is 10.0 Å². The molecule has 0 aliphatic heterocycles. The molecule has 2 rings (SSSR count). The number of likely N-dealkylation sites (N-methyl/N-ethyl adjacent to an activating group) is 1. The summed E-state index contributed by atoms with van der Waals surface area (Å²) in [5.41, 5.74) is 0.329. The number of hydrogen-bond acceptors (Lipinski definition) is 4. The first kappa shape index (κ1) is 14.6. The lowest BCUT2D eigenvalue weighted by Crippen LogP contribution is -2.33. The van der Waals surface area contributed by atoms with E-state index in [0.29, 0.717) is 12.2 Å². The van der Waals surface area contributed by atoms with E-state index in [1.165, 1.54) is 35.4 Å². The maximum absolute atomic E-state index is 12.9. The fourth-order valence-corrected chi connectivity index (χ4v) is 1.82. The fourth-order valence-electron chi connectivity index (χ4n) is 1.82. The SMILES string of the molecule is CCN(C(=O)Cn1cc(C(=O)O)nn1)c1ccc(F)cc1. The van der Waals surface area contributed by atoms with Crippen LogP contribution in [0.15, 0.2) is 30.5 Å². The Morgan fingerprint density at radius 1 is 1.33 bits per heavy atom. The lowest BCUT2D eigenvalue weighted by atomic mass is 10.2. The molecule has 1 aromatic carbocycles. The van der Waals surface area contributed by atoms with E-state index in [2.05, 4.69) is 10.3 Å². The van der Waals surface area contributed by atoms with Crippen LogP contribution in [-0.2, 0) is 11.3 Å². The molecule has 0 unspecified atom stereocenters. The Hall–Kier alpha value is -2.77. The first-order valence-electron chi connectivity index (χ1n) is 6.20. The predicted molar refractivity (Wildman–Crippen MR) is 71.4 cm³/mol. The summed E-state index contributed by atoms with van der Waals surface area (Å²) in [7, 11) is 0. The molecule has 21 heavy (non-hydrogen) atoms. The lowest BCUT2D eigenvalue weighted by molar-refractivity contribution is -0.119. The number of amides is 1. The molecule has 0 fully saturated rings. The maximum atomic E-state index is 12.9. The highest BCUT2D eigenvalue weighted by Gasteiger charge is 2.16. The number of carboxylic acids is 1. The van der Waals surface area contributed by atoms with Crippen molar-refractivity contribution >= 4 is 17.6 Å². The number of anilines is 1. The number of carbonyl (C=O) groups is 2. The van der Waals surface area contributed by atoms with E-state index in [-0.39, 0.29) is 24.0 Å². The molecule has 8 heteroatoms. The van der Waals surface area contributed by atoms with Gasteiger partial charge in [-0.3, -0.25) is 4.79 Å². The van der Waals surface area contributed by atoms with Gasteiger partial charge in [-0.1, -0.05) is 5.21 Å². The molecule has 0 saturated carbocycles. The summed E-state index contributed by atoms with van der Waals surface area (Å²) in [6.07, 6.45) is 1.18. The normalized spacial score (nSPS) is 10.4. The van der Waals surface area contributed by atoms with Gasteiger partial charge in [0.25, 0.3) is 0 Å². The monoisotopic (exact) mass is 292 g/mol. The van der Waals surface area contributed by atoms with E-state index in [1.807, 2.05) is 0 Å². The van der Waals surface area contributed by atoms with E-state index >= 15 is 0 Å². The highest BCUT2D eigenvalue weighted by molar-refractivity contribution is 5.93. The lowest BCUT2D eigenvalue weighted by Gasteiger charge is -2.20. The number of hydrogen-bond donors (Lipinski definition) is 1. The summed E-state index contributed by atoms with van der Waals surface area (Å²) >= 11 is 0. The van der Waals surface area contributed by atoms with Crippen LogP contribution >= 0.6 is 0 Å². The van der Waals surface area contributed by atoms with Gasteiger partial charge in [-0.2, -0.15) is 0 Å². The average molecular weight is 292 g/mol. The van der Waals surface area contributed by atoms with Crippen molar-refractivity contribution in [2.24, 2.45) is 0 Å². The van der Waals surface area contributed by atoms with Crippen LogP contribution in [0.2, 0.25) is 0 Å². The van der Waals surface area contributed by atoms with E-state index in [9.17, 15) is 14.0 Å². The second-order valence-electron chi connectivity index (χ2n) is 4.22. The molecule has 1 amide bonds. The quantitative estimate of drug-likeness (QED) is 0.893. The second-order valence-corrected chi connectivity index (χ2v) is 4.22. The molecule has 0 aliphatic rings. The van der Waals surface area contributed by atoms with Gasteiger partial charge in [0.2, 0.25) is 5.91 Å². The Balaban J connectivity index is 2.12. The second kappa shape index (κ2) is 6.12. The zero-order chi connectivity index (χ0) is 15.4. The van der Waals surface area contributed by atoms with Crippen LogP contribution in [0.5, 0.6) is 0 Å². The largest absolute Gasteiger partial charge is 0.476 e. The molecule has 110 valence electrons. The van der Waals surface area contributed by atoms with Crippen molar-refractivity contribution in [3.63, 3.8) is 0 Å². The van der Waals surface area contributed by atoms with Crippen LogP contribution in [0.4, 0.5) is 10.1 Å². The number of carbonyl (C=O) groups excluding carboxylic acids is 1. The fraction of sp³-hybridized carbons (Fsp3) is 0.231. The summed E-state index contributed by atoms with van der Waals surface area (Å²) in [5, 5.41) is 15.8. The molecule has 0 atom stereocenters. The molecule has 0 saturated heterocycles. The predicted octanol–water partition coefficient (Wildman–Crippen LogP) is 1.17. The van der Waals surface area contributed by atoms with Gasteiger partial charge in [-0.05, 0) is 31.2 Å². The minimum Gasteiger partial charge on any atom is -0.476 e. The third-order valence-electron chi connectivity index (χ3n) is 2.81. The third kappa shape index (κ3) is 3.41. The molecule has 0 aliphatic carbocycles. The highest BCUT2D eigenvalue weighted by Crippen LogP contribution is 2.15. The number of rotatable bonds is 5. The van der Waals surface area contributed by atoms with Crippen molar-refractivity contribution in [3.05, 3.63) is 42.0 Å². The van der Waals surface area contributed by atoms with E-state index in [1.54, 1.807) is 6.92 Å². The number of nitrogens with zero attached hydrogens (tertiary/aromatic N) is 4. The summed E-state index contributed by atoms with van der Waals surface area (Å²) in [5.74, 6) is -1.89. The minimum atomic E-state index is -1.21. The Kier molecular flexibility index (Phi) is 4.27. The Morgan fingerprint density at radius 3 is 2.52 bits per heavy atom. The maximum Gasteiger partial charge on any atom is 0.358 e. The van der Waals surface area contributed by atoms with Crippen LogP contribution in [0.1, 0.15) is 17.4 Å². The third-order valence-corrected chi connectivity index (χ3v) is 2.81. The van der Waals surface area contributed by atoms with Crippen LogP contribution in [-0.4, -0.2) is 38.5 Å². The highest BCUT2D eigenvalue weighted by atomic mass is 19.1. The zero-order valence-electron chi connectivity index (χ0n) is 11.2. The average Bonchev–Trinajstić information content (AvgIpc) is 2.90. The molecule has 0 spiro atoms. The summed E-state index contributed by atoms with van der Waals surface area (Å²) in [6, 6.07) is 5.54. The van der Waals surface area contributed by atoms with Gasteiger partial charge in [0, 0.05) is 12.2 Å². The van der Waals surface area contributed by atoms with Gasteiger partial charge in [0.05, 0.1) is 6.20 Å². The number of halogens is 1. The van der Waals surface area contributed by atoms with Crippen molar-refractivity contribution in [2.75, 3.05) is 11.4 Å². The van der Waals surface area contributed by atoms with Crippen molar-refractivity contribution in [1.82, 2.24) is 15.0 Å². The standard InChI is InChI=1S/C13H13FN4O3/c1-2-18(10-5-3-9(14)4-6-10)12(19)8-17-7-11(13(20)21)15-16-17/h3-7H,2,8H2,1H3,(H,20,21). The molecule has 0 radical (unpaired) electrons. The van der Waals surface area contributed by atoms with Gasteiger partial charge in [0.1, 0.15) is 12.4 Å². The number of aromatic carboxylic acids is 1. The molecule has 1 aromatic heterocycles. The molecule has 0 bridgehead atoms. The van der Waals surface area contributed by atoms with Crippen molar-refractivity contribution < 1.29 is 19.1 Å². The summed E-state index contributed by atoms with van der Waals surface area (Å²) < 4.78 is 14.0.